The number of ether oxygens (including phenoxy) is 1. The highest BCUT2D eigenvalue weighted by Crippen LogP contribution is 2.21. The normalized spacial score (nSPS) is 20.0. The number of fused-ring (bicyclic) bond motifs is 1. The second-order valence-electron chi connectivity index (χ2n) is 5.18. The molecule has 124 valence electrons. The van der Waals surface area contributed by atoms with Gasteiger partial charge in [-0.15, -0.1) is 12.4 Å². The van der Waals surface area contributed by atoms with Crippen molar-refractivity contribution in [3.05, 3.63) is 35.4 Å². The number of halogens is 1. The van der Waals surface area contributed by atoms with Crippen molar-refractivity contribution < 1.29 is 19.1 Å². The number of nitrogens with zero attached hydrogens (tertiary/aromatic N) is 1. The summed E-state index contributed by atoms with van der Waals surface area (Å²) in [6.07, 6.45) is 0. The molecule has 1 atom stereocenters. The summed E-state index contributed by atoms with van der Waals surface area (Å²) in [7, 11) is 0. The zero-order valence-corrected chi connectivity index (χ0v) is 13.2. The maximum atomic E-state index is 12.1. The summed E-state index contributed by atoms with van der Waals surface area (Å²) in [5, 5.41) is 5.76. The first-order valence-corrected chi connectivity index (χ1v) is 7.22. The second-order valence-corrected chi connectivity index (χ2v) is 5.18. The van der Waals surface area contributed by atoms with E-state index in [1.165, 1.54) is 0 Å². The summed E-state index contributed by atoms with van der Waals surface area (Å²) in [6.45, 7) is 1.95. The van der Waals surface area contributed by atoms with E-state index in [9.17, 15) is 14.4 Å². The molecule has 1 fully saturated rings. The number of carbonyl (C=O) groups excluding carboxylic acids is 3. The number of carbonyl (C=O) groups is 3. The van der Waals surface area contributed by atoms with E-state index in [0.717, 1.165) is 4.90 Å². The molecule has 0 spiro atoms. The van der Waals surface area contributed by atoms with Gasteiger partial charge >= 0.3 is 0 Å². The van der Waals surface area contributed by atoms with E-state index in [1.54, 1.807) is 24.3 Å². The van der Waals surface area contributed by atoms with Gasteiger partial charge in [0.1, 0.15) is 6.04 Å². The quantitative estimate of drug-likeness (QED) is 0.742. The van der Waals surface area contributed by atoms with E-state index in [-0.39, 0.29) is 49.3 Å². The number of benzene rings is 1. The first-order valence-electron chi connectivity index (χ1n) is 7.22. The molecule has 0 aliphatic carbocycles. The van der Waals surface area contributed by atoms with Crippen LogP contribution >= 0.6 is 12.4 Å². The Morgan fingerprint density at radius 2 is 1.91 bits per heavy atom. The van der Waals surface area contributed by atoms with E-state index < -0.39 is 0 Å². The molecule has 0 saturated carbocycles. The fraction of sp³-hybridized carbons (Fsp3) is 0.400. The van der Waals surface area contributed by atoms with Gasteiger partial charge < -0.3 is 15.4 Å². The van der Waals surface area contributed by atoms with Crippen LogP contribution in [0.2, 0.25) is 0 Å². The molecule has 1 saturated heterocycles. The van der Waals surface area contributed by atoms with Crippen molar-refractivity contribution in [3.63, 3.8) is 0 Å². The summed E-state index contributed by atoms with van der Waals surface area (Å²) in [6, 6.07) is 6.35. The first kappa shape index (κ1) is 17.4. The molecule has 0 aromatic heterocycles. The van der Waals surface area contributed by atoms with Crippen LogP contribution in [0.3, 0.4) is 0 Å². The third-order valence-electron chi connectivity index (χ3n) is 3.75. The van der Waals surface area contributed by atoms with Gasteiger partial charge in [0.2, 0.25) is 5.91 Å². The Balaban J connectivity index is 0.00000192. The molecule has 3 rings (SSSR count). The first-order chi connectivity index (χ1) is 10.7. The summed E-state index contributed by atoms with van der Waals surface area (Å²) in [5.41, 5.74) is 0.836. The Bertz CT molecular complexity index is 581. The molecule has 0 bridgehead atoms. The van der Waals surface area contributed by atoms with Crippen LogP contribution in [0.5, 0.6) is 0 Å². The molecule has 2 aliphatic heterocycles. The van der Waals surface area contributed by atoms with E-state index >= 15 is 0 Å². The minimum absolute atomic E-state index is 0. The Hall–Kier alpha value is -1.96. The number of nitrogens with one attached hydrogen (secondary N) is 2. The van der Waals surface area contributed by atoms with Gasteiger partial charge in [-0.1, -0.05) is 12.1 Å². The Kier molecular flexibility index (Phi) is 5.70. The van der Waals surface area contributed by atoms with Gasteiger partial charge in [-0.25, -0.2) is 0 Å². The van der Waals surface area contributed by atoms with Gasteiger partial charge in [0.15, 0.2) is 0 Å². The minimum atomic E-state index is -0.379. The Morgan fingerprint density at radius 3 is 2.48 bits per heavy atom. The summed E-state index contributed by atoms with van der Waals surface area (Å²) < 4.78 is 5.22. The van der Waals surface area contributed by atoms with Gasteiger partial charge in [0.25, 0.3) is 11.8 Å². The van der Waals surface area contributed by atoms with E-state index in [1.807, 2.05) is 0 Å². The number of hydrogen-bond donors (Lipinski definition) is 2. The van der Waals surface area contributed by atoms with Crippen LogP contribution in [0.15, 0.2) is 24.3 Å². The summed E-state index contributed by atoms with van der Waals surface area (Å²) in [4.78, 5) is 37.4. The molecular formula is C15H18ClN3O4. The lowest BCUT2D eigenvalue weighted by Crippen LogP contribution is -2.52. The third kappa shape index (κ3) is 3.52. The lowest BCUT2D eigenvalue weighted by Gasteiger charge is -2.23. The number of amides is 3. The van der Waals surface area contributed by atoms with Crippen molar-refractivity contribution in [1.82, 2.24) is 15.5 Å². The highest BCUT2D eigenvalue weighted by molar-refractivity contribution is 6.21. The lowest BCUT2D eigenvalue weighted by atomic mass is 10.1. The standard InChI is InChI=1S/C15H17N3O4.ClH/c19-13(12-9-22-8-6-16-12)17-5-7-18-14(20)10-3-1-2-4-11(10)15(18)21;/h1-4,12,16H,5-9H2,(H,17,19);1H. The van der Waals surface area contributed by atoms with Crippen LogP contribution in [0.25, 0.3) is 0 Å². The molecule has 8 heteroatoms. The molecule has 1 aromatic rings. The summed E-state index contributed by atoms with van der Waals surface area (Å²) >= 11 is 0. The average Bonchev–Trinajstić information content (AvgIpc) is 2.81. The van der Waals surface area contributed by atoms with E-state index in [2.05, 4.69) is 10.6 Å². The SMILES string of the molecule is Cl.O=C(NCCN1C(=O)c2ccccc2C1=O)C1COCCN1. The van der Waals surface area contributed by atoms with Crippen LogP contribution in [0.4, 0.5) is 0 Å². The maximum Gasteiger partial charge on any atom is 0.261 e. The molecule has 2 aliphatic rings. The van der Waals surface area contributed by atoms with Crippen LogP contribution in [-0.4, -0.2) is 61.5 Å². The topological polar surface area (TPSA) is 87.7 Å². The lowest BCUT2D eigenvalue weighted by molar-refractivity contribution is -0.125. The smallest absolute Gasteiger partial charge is 0.261 e. The van der Waals surface area contributed by atoms with Crippen molar-refractivity contribution >= 4 is 30.1 Å². The Labute approximate surface area is 139 Å². The predicted molar refractivity (Wildman–Crippen MR) is 84.7 cm³/mol. The van der Waals surface area contributed by atoms with Crippen LogP contribution in [-0.2, 0) is 9.53 Å². The van der Waals surface area contributed by atoms with Crippen molar-refractivity contribution in [2.24, 2.45) is 0 Å². The highest BCUT2D eigenvalue weighted by Gasteiger charge is 2.34. The monoisotopic (exact) mass is 339 g/mol. The summed E-state index contributed by atoms with van der Waals surface area (Å²) in [5.74, 6) is -0.806. The average molecular weight is 340 g/mol. The molecule has 1 unspecified atom stereocenters. The number of morpholine rings is 1. The van der Waals surface area contributed by atoms with Crippen molar-refractivity contribution in [3.8, 4) is 0 Å². The fourth-order valence-corrected chi connectivity index (χ4v) is 2.59. The van der Waals surface area contributed by atoms with Gasteiger partial charge in [-0.05, 0) is 12.1 Å². The van der Waals surface area contributed by atoms with Crippen molar-refractivity contribution in [2.45, 2.75) is 6.04 Å². The van der Waals surface area contributed by atoms with Crippen molar-refractivity contribution in [2.75, 3.05) is 32.8 Å². The highest BCUT2D eigenvalue weighted by atomic mass is 35.5. The molecule has 2 N–H and O–H groups in total. The third-order valence-corrected chi connectivity index (χ3v) is 3.75. The largest absolute Gasteiger partial charge is 0.378 e. The van der Waals surface area contributed by atoms with Gasteiger partial charge in [-0.3, -0.25) is 19.3 Å². The fourth-order valence-electron chi connectivity index (χ4n) is 2.59. The van der Waals surface area contributed by atoms with Crippen LogP contribution < -0.4 is 10.6 Å². The molecule has 1 aromatic carbocycles. The number of imide groups is 1. The molecular weight excluding hydrogens is 322 g/mol. The van der Waals surface area contributed by atoms with Gasteiger partial charge in [0, 0.05) is 19.6 Å². The molecule has 2 heterocycles. The Morgan fingerprint density at radius 1 is 1.26 bits per heavy atom. The molecule has 3 amide bonds. The van der Waals surface area contributed by atoms with Crippen LogP contribution in [0, 0.1) is 0 Å². The van der Waals surface area contributed by atoms with E-state index in [0.29, 0.717) is 30.9 Å². The molecule has 7 nitrogen and oxygen atoms in total. The zero-order valence-electron chi connectivity index (χ0n) is 12.4. The predicted octanol–water partition coefficient (Wildman–Crippen LogP) is -0.191. The second kappa shape index (κ2) is 7.54. The molecule has 23 heavy (non-hydrogen) atoms. The van der Waals surface area contributed by atoms with E-state index in [4.69, 9.17) is 4.74 Å². The number of rotatable bonds is 4. The van der Waals surface area contributed by atoms with Crippen LogP contribution in [0.1, 0.15) is 20.7 Å². The van der Waals surface area contributed by atoms with Gasteiger partial charge in [-0.2, -0.15) is 0 Å². The molecule has 0 radical (unpaired) electrons. The van der Waals surface area contributed by atoms with Crippen molar-refractivity contribution in [1.29, 1.82) is 0 Å². The minimum Gasteiger partial charge on any atom is -0.378 e. The zero-order chi connectivity index (χ0) is 15.5. The maximum absolute atomic E-state index is 12.1. The van der Waals surface area contributed by atoms with Gasteiger partial charge in [0.05, 0.1) is 24.3 Å². The number of hydrogen-bond acceptors (Lipinski definition) is 5.